The quantitative estimate of drug-likeness (QED) is 0.455. The van der Waals surface area contributed by atoms with Gasteiger partial charge in [-0.2, -0.15) is 4.68 Å². The Morgan fingerprint density at radius 1 is 1.08 bits per heavy atom. The third-order valence-corrected chi connectivity index (χ3v) is 6.24. The van der Waals surface area contributed by atoms with Gasteiger partial charge in [0.15, 0.2) is 18.1 Å². The number of rotatable bonds is 9. The number of benzene rings is 2. The molecule has 2 aromatic carbocycles. The van der Waals surface area contributed by atoms with Crippen molar-refractivity contribution >= 4 is 23.5 Å². The standard InChI is InChI=1S/C26H31N7O4/c1-6-32(7-2)22(34)15-37-20-13-10-18(14-21(20)36-5)24-23(17(4)27-26-29-30-31-33(24)26)25(35)28-19-11-8-16(3)9-12-19/h8-14,24H,6-7,15H2,1-5H3,(H,28,35)(H,27,29,31). The first kappa shape index (κ1) is 25.7. The van der Waals surface area contributed by atoms with Crippen molar-refractivity contribution in [1.82, 2.24) is 25.1 Å². The molecule has 11 heteroatoms. The zero-order valence-electron chi connectivity index (χ0n) is 21.6. The summed E-state index contributed by atoms with van der Waals surface area (Å²) in [7, 11) is 1.52. The number of hydrogen-bond donors (Lipinski definition) is 2. The molecule has 37 heavy (non-hydrogen) atoms. The number of fused-ring (bicyclic) bond motifs is 1. The first-order valence-electron chi connectivity index (χ1n) is 12.1. The SMILES string of the molecule is CCN(CC)C(=O)COc1ccc(C2C(C(=O)Nc3ccc(C)cc3)=C(C)Nc3nnnn32)cc1OC. The predicted molar refractivity (Wildman–Crippen MR) is 139 cm³/mol. The summed E-state index contributed by atoms with van der Waals surface area (Å²) in [5.74, 6) is 0.863. The molecular weight excluding hydrogens is 474 g/mol. The molecule has 1 aromatic heterocycles. The van der Waals surface area contributed by atoms with Gasteiger partial charge >= 0.3 is 0 Å². The third kappa shape index (κ3) is 5.40. The lowest BCUT2D eigenvalue weighted by Crippen LogP contribution is -2.34. The highest BCUT2D eigenvalue weighted by Gasteiger charge is 2.34. The van der Waals surface area contributed by atoms with Crippen molar-refractivity contribution in [2.24, 2.45) is 0 Å². The van der Waals surface area contributed by atoms with Gasteiger partial charge in [-0.3, -0.25) is 9.59 Å². The Balaban J connectivity index is 1.65. The maximum atomic E-state index is 13.5. The minimum atomic E-state index is -0.628. The molecule has 0 saturated heterocycles. The highest BCUT2D eigenvalue weighted by atomic mass is 16.5. The van der Waals surface area contributed by atoms with Gasteiger partial charge in [0.2, 0.25) is 5.95 Å². The van der Waals surface area contributed by atoms with E-state index in [1.54, 1.807) is 21.7 Å². The molecule has 194 valence electrons. The van der Waals surface area contributed by atoms with Crippen LogP contribution < -0.4 is 20.1 Å². The van der Waals surface area contributed by atoms with Crippen LogP contribution in [-0.4, -0.2) is 63.7 Å². The molecule has 4 rings (SSSR count). The fraction of sp³-hybridized carbons (Fsp3) is 0.346. The summed E-state index contributed by atoms with van der Waals surface area (Å²) >= 11 is 0. The number of tetrazole rings is 1. The molecule has 11 nitrogen and oxygen atoms in total. The number of carbonyl (C=O) groups is 2. The zero-order chi connectivity index (χ0) is 26.5. The lowest BCUT2D eigenvalue weighted by Gasteiger charge is -2.28. The molecule has 0 bridgehead atoms. The van der Waals surface area contributed by atoms with Crippen LogP contribution in [0, 0.1) is 6.92 Å². The molecule has 0 fully saturated rings. The van der Waals surface area contributed by atoms with Gasteiger partial charge < -0.3 is 25.0 Å². The lowest BCUT2D eigenvalue weighted by atomic mass is 9.94. The molecule has 3 aromatic rings. The van der Waals surface area contributed by atoms with Gasteiger partial charge in [-0.25, -0.2) is 0 Å². The van der Waals surface area contributed by atoms with Gasteiger partial charge in [-0.15, -0.1) is 0 Å². The van der Waals surface area contributed by atoms with E-state index < -0.39 is 6.04 Å². The van der Waals surface area contributed by atoms with Gasteiger partial charge in [0, 0.05) is 24.5 Å². The molecule has 2 N–H and O–H groups in total. The lowest BCUT2D eigenvalue weighted by molar-refractivity contribution is -0.133. The minimum Gasteiger partial charge on any atom is -0.493 e. The van der Waals surface area contributed by atoms with E-state index in [4.69, 9.17) is 9.47 Å². The van der Waals surface area contributed by atoms with E-state index in [0.29, 0.717) is 53.1 Å². The molecule has 1 aliphatic heterocycles. The highest BCUT2D eigenvalue weighted by molar-refractivity contribution is 6.06. The first-order chi connectivity index (χ1) is 17.9. The second-order valence-corrected chi connectivity index (χ2v) is 8.60. The fourth-order valence-corrected chi connectivity index (χ4v) is 4.23. The predicted octanol–water partition coefficient (Wildman–Crippen LogP) is 3.16. The second kappa shape index (κ2) is 11.1. The van der Waals surface area contributed by atoms with E-state index in [1.165, 1.54) is 7.11 Å². The number of methoxy groups -OCH3 is 1. The maximum absolute atomic E-state index is 13.5. The summed E-state index contributed by atoms with van der Waals surface area (Å²) in [6.07, 6.45) is 0. The third-order valence-electron chi connectivity index (χ3n) is 6.24. The van der Waals surface area contributed by atoms with E-state index in [1.807, 2.05) is 58.0 Å². The summed E-state index contributed by atoms with van der Waals surface area (Å²) in [5, 5.41) is 18.0. The van der Waals surface area contributed by atoms with E-state index in [-0.39, 0.29) is 18.4 Å². The van der Waals surface area contributed by atoms with Crippen LogP contribution in [0.15, 0.2) is 53.7 Å². The van der Waals surface area contributed by atoms with Crippen molar-refractivity contribution in [3.05, 3.63) is 64.9 Å². The molecule has 2 heterocycles. The fourth-order valence-electron chi connectivity index (χ4n) is 4.23. The summed E-state index contributed by atoms with van der Waals surface area (Å²) in [6.45, 7) is 8.75. The van der Waals surface area contributed by atoms with Crippen molar-refractivity contribution < 1.29 is 19.1 Å². The van der Waals surface area contributed by atoms with Gasteiger partial charge in [0.05, 0.1) is 12.7 Å². The van der Waals surface area contributed by atoms with Crippen molar-refractivity contribution in [3.8, 4) is 11.5 Å². The van der Waals surface area contributed by atoms with Crippen LogP contribution in [0.4, 0.5) is 11.6 Å². The maximum Gasteiger partial charge on any atom is 0.260 e. The number of amides is 2. The Hall–Kier alpha value is -4.41. The summed E-state index contributed by atoms with van der Waals surface area (Å²) in [5.41, 5.74) is 3.56. The molecular formula is C26H31N7O4. The Morgan fingerprint density at radius 3 is 2.49 bits per heavy atom. The molecule has 0 spiro atoms. The average molecular weight is 506 g/mol. The molecule has 2 amide bonds. The normalized spacial score (nSPS) is 14.5. The van der Waals surface area contributed by atoms with E-state index in [0.717, 1.165) is 5.56 Å². The number of likely N-dealkylation sites (N-methyl/N-ethyl adjacent to an activating group) is 1. The van der Waals surface area contributed by atoms with Crippen molar-refractivity contribution in [2.75, 3.05) is 37.4 Å². The van der Waals surface area contributed by atoms with Crippen LogP contribution in [0.25, 0.3) is 0 Å². The topological polar surface area (TPSA) is 124 Å². The van der Waals surface area contributed by atoms with Crippen LogP contribution in [0.2, 0.25) is 0 Å². The number of allylic oxidation sites excluding steroid dienone is 1. The number of nitrogens with zero attached hydrogens (tertiary/aromatic N) is 5. The van der Waals surface area contributed by atoms with Crippen molar-refractivity contribution in [1.29, 1.82) is 0 Å². The Labute approximate surface area is 215 Å². The number of hydrogen-bond acceptors (Lipinski definition) is 8. The van der Waals surface area contributed by atoms with Crippen LogP contribution in [-0.2, 0) is 9.59 Å². The number of aromatic nitrogens is 4. The largest absolute Gasteiger partial charge is 0.493 e. The Bertz CT molecular complexity index is 1310. The van der Waals surface area contributed by atoms with Gasteiger partial charge in [0.25, 0.3) is 11.8 Å². The molecule has 1 unspecified atom stereocenters. The van der Waals surface area contributed by atoms with Crippen LogP contribution >= 0.6 is 0 Å². The first-order valence-corrected chi connectivity index (χ1v) is 12.1. The molecule has 1 aliphatic rings. The van der Waals surface area contributed by atoms with Crippen LogP contribution in [0.1, 0.15) is 37.9 Å². The molecule has 0 saturated carbocycles. The Morgan fingerprint density at radius 2 is 1.81 bits per heavy atom. The minimum absolute atomic E-state index is 0.106. The molecule has 0 radical (unpaired) electrons. The van der Waals surface area contributed by atoms with Crippen molar-refractivity contribution in [2.45, 2.75) is 33.7 Å². The van der Waals surface area contributed by atoms with Crippen LogP contribution in [0.3, 0.4) is 0 Å². The Kier molecular flexibility index (Phi) is 7.71. The van der Waals surface area contributed by atoms with Crippen LogP contribution in [0.5, 0.6) is 11.5 Å². The monoisotopic (exact) mass is 505 g/mol. The summed E-state index contributed by atoms with van der Waals surface area (Å²) in [6, 6.07) is 12.2. The average Bonchev–Trinajstić information content (AvgIpc) is 3.36. The highest BCUT2D eigenvalue weighted by Crippen LogP contribution is 2.38. The number of anilines is 2. The smallest absolute Gasteiger partial charge is 0.260 e. The number of ether oxygens (including phenoxy) is 2. The zero-order valence-corrected chi connectivity index (χ0v) is 21.6. The van der Waals surface area contributed by atoms with E-state index in [9.17, 15) is 9.59 Å². The molecule has 0 aliphatic carbocycles. The van der Waals surface area contributed by atoms with Crippen molar-refractivity contribution in [3.63, 3.8) is 0 Å². The summed E-state index contributed by atoms with van der Waals surface area (Å²) < 4.78 is 12.9. The molecule has 1 atom stereocenters. The number of nitrogens with one attached hydrogen (secondary N) is 2. The second-order valence-electron chi connectivity index (χ2n) is 8.60. The van der Waals surface area contributed by atoms with E-state index in [2.05, 4.69) is 26.2 Å². The van der Waals surface area contributed by atoms with Gasteiger partial charge in [-0.1, -0.05) is 28.9 Å². The summed E-state index contributed by atoms with van der Waals surface area (Å²) in [4.78, 5) is 27.6. The van der Waals surface area contributed by atoms with Gasteiger partial charge in [0.1, 0.15) is 6.04 Å². The number of aryl methyl sites for hydroxylation is 1. The number of carbonyl (C=O) groups excluding carboxylic acids is 2. The van der Waals surface area contributed by atoms with E-state index >= 15 is 0 Å². The van der Waals surface area contributed by atoms with Gasteiger partial charge in [-0.05, 0) is 68.0 Å².